The minimum absolute atomic E-state index is 0.434. The van der Waals surface area contributed by atoms with E-state index in [0.717, 1.165) is 24.9 Å². The van der Waals surface area contributed by atoms with Crippen molar-refractivity contribution in [1.29, 1.82) is 0 Å². The highest BCUT2D eigenvalue weighted by molar-refractivity contribution is 5.07. The van der Waals surface area contributed by atoms with Crippen molar-refractivity contribution in [2.75, 3.05) is 6.54 Å². The summed E-state index contributed by atoms with van der Waals surface area (Å²) in [5.41, 5.74) is 1.84. The van der Waals surface area contributed by atoms with Crippen LogP contribution in [0.25, 0.3) is 0 Å². The maximum atomic E-state index is 4.44. The fraction of sp³-hybridized carbons (Fsp3) is 0.833. The van der Waals surface area contributed by atoms with Crippen LogP contribution in [0.4, 0.5) is 0 Å². The highest BCUT2D eigenvalue weighted by Crippen LogP contribution is 2.41. The first-order chi connectivity index (χ1) is 9.94. The lowest BCUT2D eigenvalue weighted by atomic mass is 9.66. The van der Waals surface area contributed by atoms with Gasteiger partial charge in [0.15, 0.2) is 0 Å². The SMILES string of the molecule is CCNC1CCC(C(C)(C)C)CC1Cc1cnn(CC)c1. The molecule has 1 aromatic rings. The van der Waals surface area contributed by atoms with Crippen LogP contribution in [0.1, 0.15) is 59.4 Å². The molecule has 1 aromatic heterocycles. The summed E-state index contributed by atoms with van der Waals surface area (Å²) in [7, 11) is 0. The molecule has 0 radical (unpaired) electrons. The van der Waals surface area contributed by atoms with Crippen LogP contribution in [0, 0.1) is 17.3 Å². The van der Waals surface area contributed by atoms with E-state index in [9.17, 15) is 0 Å². The second kappa shape index (κ2) is 6.95. The van der Waals surface area contributed by atoms with Crippen molar-refractivity contribution in [3.8, 4) is 0 Å². The van der Waals surface area contributed by atoms with E-state index in [1.54, 1.807) is 0 Å². The van der Waals surface area contributed by atoms with Crippen molar-refractivity contribution in [1.82, 2.24) is 15.1 Å². The third-order valence-corrected chi connectivity index (χ3v) is 5.18. The molecule has 0 saturated heterocycles. The third-order valence-electron chi connectivity index (χ3n) is 5.18. The molecule has 1 heterocycles. The summed E-state index contributed by atoms with van der Waals surface area (Å²) in [6.07, 6.45) is 9.49. The van der Waals surface area contributed by atoms with Crippen molar-refractivity contribution >= 4 is 0 Å². The molecule has 21 heavy (non-hydrogen) atoms. The molecule has 1 aliphatic carbocycles. The largest absolute Gasteiger partial charge is 0.314 e. The van der Waals surface area contributed by atoms with E-state index in [0.29, 0.717) is 11.5 Å². The van der Waals surface area contributed by atoms with Gasteiger partial charge in [0.2, 0.25) is 0 Å². The van der Waals surface area contributed by atoms with Crippen LogP contribution in [-0.2, 0) is 13.0 Å². The molecule has 1 N–H and O–H groups in total. The number of aryl methyl sites for hydroxylation is 1. The topological polar surface area (TPSA) is 29.9 Å². The van der Waals surface area contributed by atoms with Crippen molar-refractivity contribution in [2.45, 2.75) is 72.9 Å². The van der Waals surface area contributed by atoms with Gasteiger partial charge in [0, 0.05) is 18.8 Å². The Morgan fingerprint density at radius 2 is 2.05 bits per heavy atom. The zero-order chi connectivity index (χ0) is 15.5. The Labute approximate surface area is 130 Å². The fourth-order valence-electron chi connectivity index (χ4n) is 3.79. The molecule has 0 aromatic carbocycles. The maximum Gasteiger partial charge on any atom is 0.0521 e. The van der Waals surface area contributed by atoms with Crippen LogP contribution >= 0.6 is 0 Å². The number of hydrogen-bond acceptors (Lipinski definition) is 2. The summed E-state index contributed by atoms with van der Waals surface area (Å²) < 4.78 is 2.04. The van der Waals surface area contributed by atoms with E-state index in [1.807, 2.05) is 4.68 Å². The number of nitrogens with one attached hydrogen (secondary N) is 1. The zero-order valence-corrected chi connectivity index (χ0v) is 14.5. The van der Waals surface area contributed by atoms with E-state index in [1.165, 1.54) is 31.2 Å². The first-order valence-electron chi connectivity index (χ1n) is 8.68. The molecule has 1 aliphatic rings. The van der Waals surface area contributed by atoms with Crippen LogP contribution < -0.4 is 5.32 Å². The smallest absolute Gasteiger partial charge is 0.0521 e. The monoisotopic (exact) mass is 291 g/mol. The van der Waals surface area contributed by atoms with Gasteiger partial charge in [-0.3, -0.25) is 4.68 Å². The predicted molar refractivity (Wildman–Crippen MR) is 89.4 cm³/mol. The van der Waals surface area contributed by atoms with Gasteiger partial charge >= 0.3 is 0 Å². The molecule has 0 amide bonds. The van der Waals surface area contributed by atoms with Crippen LogP contribution in [-0.4, -0.2) is 22.4 Å². The van der Waals surface area contributed by atoms with E-state index in [2.05, 4.69) is 57.4 Å². The Hall–Kier alpha value is -0.830. The predicted octanol–water partition coefficient (Wildman–Crippen LogP) is 3.89. The summed E-state index contributed by atoms with van der Waals surface area (Å²) in [5.74, 6) is 1.59. The first-order valence-corrected chi connectivity index (χ1v) is 8.68. The zero-order valence-electron chi connectivity index (χ0n) is 14.5. The minimum Gasteiger partial charge on any atom is -0.314 e. The Kier molecular flexibility index (Phi) is 5.48. The number of hydrogen-bond donors (Lipinski definition) is 1. The van der Waals surface area contributed by atoms with E-state index >= 15 is 0 Å². The Morgan fingerprint density at radius 1 is 1.29 bits per heavy atom. The van der Waals surface area contributed by atoms with E-state index in [-0.39, 0.29) is 0 Å². The van der Waals surface area contributed by atoms with Crippen LogP contribution in [0.15, 0.2) is 12.4 Å². The van der Waals surface area contributed by atoms with Crippen molar-refractivity contribution in [3.63, 3.8) is 0 Å². The number of aromatic nitrogens is 2. The van der Waals surface area contributed by atoms with Gasteiger partial charge < -0.3 is 5.32 Å². The molecule has 1 saturated carbocycles. The Bertz CT molecular complexity index is 430. The number of rotatable bonds is 5. The lowest BCUT2D eigenvalue weighted by Gasteiger charge is -2.42. The maximum absolute atomic E-state index is 4.44. The average molecular weight is 291 g/mol. The normalized spacial score (nSPS) is 27.0. The van der Waals surface area contributed by atoms with Gasteiger partial charge in [0.25, 0.3) is 0 Å². The summed E-state index contributed by atoms with van der Waals surface area (Å²) >= 11 is 0. The van der Waals surface area contributed by atoms with Gasteiger partial charge in [-0.25, -0.2) is 0 Å². The van der Waals surface area contributed by atoms with E-state index in [4.69, 9.17) is 0 Å². The lowest BCUT2D eigenvalue weighted by Crippen LogP contribution is -2.43. The molecule has 3 unspecified atom stereocenters. The Morgan fingerprint density at radius 3 is 2.62 bits per heavy atom. The molecular weight excluding hydrogens is 258 g/mol. The number of nitrogens with zero attached hydrogens (tertiary/aromatic N) is 2. The van der Waals surface area contributed by atoms with Gasteiger partial charge in [0.05, 0.1) is 6.20 Å². The van der Waals surface area contributed by atoms with E-state index < -0.39 is 0 Å². The van der Waals surface area contributed by atoms with Crippen LogP contribution in [0.3, 0.4) is 0 Å². The summed E-state index contributed by atoms with van der Waals surface area (Å²) in [5, 5.41) is 8.16. The molecule has 120 valence electrons. The lowest BCUT2D eigenvalue weighted by molar-refractivity contribution is 0.114. The average Bonchev–Trinajstić information content (AvgIpc) is 2.87. The second-order valence-corrected chi connectivity index (χ2v) is 7.71. The molecule has 0 aliphatic heterocycles. The summed E-state index contributed by atoms with van der Waals surface area (Å²) in [6, 6.07) is 0.679. The van der Waals surface area contributed by atoms with Gasteiger partial charge in [-0.2, -0.15) is 5.10 Å². The van der Waals surface area contributed by atoms with Crippen molar-refractivity contribution < 1.29 is 0 Å². The molecule has 3 heteroatoms. The molecule has 3 atom stereocenters. The summed E-state index contributed by atoms with van der Waals surface area (Å²) in [6.45, 7) is 13.6. The van der Waals surface area contributed by atoms with Crippen molar-refractivity contribution in [2.24, 2.45) is 17.3 Å². The standard InChI is InChI=1S/C18H33N3/c1-6-19-17-9-8-16(18(3,4)5)11-15(17)10-14-12-20-21(7-2)13-14/h12-13,15-17,19H,6-11H2,1-5H3. The van der Waals surface area contributed by atoms with Crippen molar-refractivity contribution in [3.05, 3.63) is 18.0 Å². The van der Waals surface area contributed by atoms with Gasteiger partial charge in [-0.15, -0.1) is 0 Å². The molecule has 3 nitrogen and oxygen atoms in total. The molecule has 1 fully saturated rings. The summed E-state index contributed by atoms with van der Waals surface area (Å²) in [4.78, 5) is 0. The fourth-order valence-corrected chi connectivity index (χ4v) is 3.79. The van der Waals surface area contributed by atoms with Gasteiger partial charge in [0.1, 0.15) is 0 Å². The highest BCUT2D eigenvalue weighted by atomic mass is 15.3. The van der Waals surface area contributed by atoms with Gasteiger partial charge in [-0.1, -0.05) is 27.7 Å². The third kappa shape index (κ3) is 4.32. The second-order valence-electron chi connectivity index (χ2n) is 7.71. The highest BCUT2D eigenvalue weighted by Gasteiger charge is 2.35. The van der Waals surface area contributed by atoms with Crippen LogP contribution in [0.5, 0.6) is 0 Å². The minimum atomic E-state index is 0.434. The molecule has 2 rings (SSSR count). The molecule has 0 bridgehead atoms. The molecule has 0 spiro atoms. The van der Waals surface area contributed by atoms with Gasteiger partial charge in [-0.05, 0) is 62.0 Å². The molecular formula is C18H33N3. The van der Waals surface area contributed by atoms with Crippen LogP contribution in [0.2, 0.25) is 0 Å². The quantitative estimate of drug-likeness (QED) is 0.892. The Balaban J connectivity index is 2.06. The first kappa shape index (κ1) is 16.5.